The van der Waals surface area contributed by atoms with E-state index in [1.54, 1.807) is 6.07 Å². The lowest BCUT2D eigenvalue weighted by molar-refractivity contribution is -0.118. The molecule has 0 aliphatic heterocycles. The number of imidazole rings is 1. The average molecular weight is 440 g/mol. The molecule has 4 aromatic rings. The molecule has 4 nitrogen and oxygen atoms in total. The maximum Gasteiger partial charge on any atom is 0.230 e. The number of aromatic nitrogens is 2. The van der Waals surface area contributed by atoms with E-state index in [-0.39, 0.29) is 17.5 Å². The number of fused-ring (bicyclic) bond motifs is 1. The molecule has 0 saturated carbocycles. The predicted molar refractivity (Wildman–Crippen MR) is 119 cm³/mol. The molecule has 0 aliphatic carbocycles. The third kappa shape index (κ3) is 4.83. The molecule has 0 radical (unpaired) electrons. The summed E-state index contributed by atoms with van der Waals surface area (Å²) >= 11 is 7.60. The van der Waals surface area contributed by atoms with E-state index in [4.69, 9.17) is 11.6 Å². The molecule has 0 atom stereocenters. The average Bonchev–Trinajstić information content (AvgIpc) is 3.11. The van der Waals surface area contributed by atoms with Crippen LogP contribution in [-0.4, -0.2) is 21.2 Å². The number of nitrogens with zero attached hydrogens (tertiary/aromatic N) is 2. The molecule has 0 fully saturated rings. The molecule has 0 spiro atoms. The highest BCUT2D eigenvalue weighted by Gasteiger charge is 2.14. The lowest BCUT2D eigenvalue weighted by atomic mass is 10.2. The molecule has 0 aliphatic rings. The number of carbonyl (C=O) groups excluding carboxylic acids is 1. The second-order valence-electron chi connectivity index (χ2n) is 6.76. The van der Waals surface area contributed by atoms with Crippen LogP contribution in [0.5, 0.6) is 0 Å². The summed E-state index contributed by atoms with van der Waals surface area (Å²) in [4.78, 5) is 17.0. The van der Waals surface area contributed by atoms with E-state index in [0.29, 0.717) is 23.3 Å². The van der Waals surface area contributed by atoms with E-state index in [1.165, 1.54) is 23.9 Å². The number of thioether (sulfide) groups is 1. The van der Waals surface area contributed by atoms with Crippen LogP contribution in [0.1, 0.15) is 11.1 Å². The summed E-state index contributed by atoms with van der Waals surface area (Å²) in [6.07, 6.45) is 0. The Morgan fingerprint density at radius 3 is 2.63 bits per heavy atom. The predicted octanol–water partition coefficient (Wildman–Crippen LogP) is 5.29. The smallest absolute Gasteiger partial charge is 0.230 e. The van der Waals surface area contributed by atoms with Gasteiger partial charge in [0.1, 0.15) is 5.82 Å². The van der Waals surface area contributed by atoms with E-state index in [1.807, 2.05) is 59.2 Å². The number of halogens is 2. The zero-order valence-corrected chi connectivity index (χ0v) is 17.6. The topological polar surface area (TPSA) is 46.9 Å². The highest BCUT2D eigenvalue weighted by Crippen LogP contribution is 2.27. The fourth-order valence-corrected chi connectivity index (χ4v) is 4.19. The molecule has 1 N–H and O–H groups in total. The quantitative estimate of drug-likeness (QED) is 0.398. The summed E-state index contributed by atoms with van der Waals surface area (Å²) in [5, 5.41) is 4.01. The van der Waals surface area contributed by atoms with Gasteiger partial charge in [0.2, 0.25) is 5.91 Å². The summed E-state index contributed by atoms with van der Waals surface area (Å²) in [5.41, 5.74) is 3.61. The van der Waals surface area contributed by atoms with E-state index in [2.05, 4.69) is 10.3 Å². The van der Waals surface area contributed by atoms with Gasteiger partial charge in [0.25, 0.3) is 0 Å². The lowest BCUT2D eigenvalue weighted by Crippen LogP contribution is -2.24. The molecule has 152 valence electrons. The molecule has 30 heavy (non-hydrogen) atoms. The van der Waals surface area contributed by atoms with Crippen molar-refractivity contribution in [2.75, 3.05) is 5.75 Å². The Hall–Kier alpha value is -2.83. The summed E-state index contributed by atoms with van der Waals surface area (Å²) < 4.78 is 15.4. The molecule has 7 heteroatoms. The minimum absolute atomic E-state index is 0.0673. The summed E-state index contributed by atoms with van der Waals surface area (Å²) in [6, 6.07) is 21.9. The molecule has 4 rings (SSSR count). The molecular weight excluding hydrogens is 421 g/mol. The van der Waals surface area contributed by atoms with Gasteiger partial charge in [-0.25, -0.2) is 9.37 Å². The number of hydrogen-bond donors (Lipinski definition) is 1. The third-order valence-corrected chi connectivity index (χ3v) is 5.96. The Bertz CT molecular complexity index is 1180. The van der Waals surface area contributed by atoms with Gasteiger partial charge in [-0.05, 0) is 35.4 Å². The first-order chi connectivity index (χ1) is 14.6. The number of hydrogen-bond acceptors (Lipinski definition) is 3. The van der Waals surface area contributed by atoms with Gasteiger partial charge in [0.15, 0.2) is 5.16 Å². The van der Waals surface area contributed by atoms with Crippen molar-refractivity contribution < 1.29 is 9.18 Å². The number of carbonyl (C=O) groups is 1. The van der Waals surface area contributed by atoms with Gasteiger partial charge < -0.3 is 9.88 Å². The number of rotatable bonds is 7. The van der Waals surface area contributed by atoms with Gasteiger partial charge in [0.05, 0.1) is 23.3 Å². The Morgan fingerprint density at radius 2 is 1.83 bits per heavy atom. The first-order valence-electron chi connectivity index (χ1n) is 9.43. The van der Waals surface area contributed by atoms with Crippen molar-refractivity contribution in [3.63, 3.8) is 0 Å². The summed E-state index contributed by atoms with van der Waals surface area (Å²) in [7, 11) is 0. The highest BCUT2D eigenvalue weighted by molar-refractivity contribution is 7.99. The SMILES string of the molecule is O=C(CSc1nc2ccccc2n1Cc1ccc(F)cc1Cl)NCc1ccccc1. The van der Waals surface area contributed by atoms with Gasteiger partial charge in [-0.15, -0.1) is 0 Å². The molecule has 3 aromatic carbocycles. The van der Waals surface area contributed by atoms with Crippen molar-refractivity contribution >= 4 is 40.3 Å². The van der Waals surface area contributed by atoms with Crippen LogP contribution in [-0.2, 0) is 17.9 Å². The molecule has 0 saturated heterocycles. The van der Waals surface area contributed by atoms with E-state index < -0.39 is 0 Å². The van der Waals surface area contributed by atoms with Crippen LogP contribution in [0.2, 0.25) is 5.02 Å². The Balaban J connectivity index is 1.50. The van der Waals surface area contributed by atoms with Gasteiger partial charge in [0, 0.05) is 11.6 Å². The fourth-order valence-electron chi connectivity index (χ4n) is 3.11. The molecule has 1 heterocycles. The Labute approximate surface area is 183 Å². The first kappa shape index (κ1) is 20.4. The van der Waals surface area contributed by atoms with Crippen LogP contribution in [0.15, 0.2) is 78.0 Å². The minimum Gasteiger partial charge on any atom is -0.351 e. The van der Waals surface area contributed by atoms with Gasteiger partial charge >= 0.3 is 0 Å². The standard InChI is InChI=1S/C23H19ClFN3OS/c24-19-12-18(25)11-10-17(19)14-28-21-9-5-4-8-20(21)27-23(28)30-15-22(29)26-13-16-6-2-1-3-7-16/h1-12H,13-15H2,(H,26,29). The van der Waals surface area contributed by atoms with Crippen molar-refractivity contribution in [1.29, 1.82) is 0 Å². The van der Waals surface area contributed by atoms with Crippen molar-refractivity contribution in [2.24, 2.45) is 0 Å². The Morgan fingerprint density at radius 1 is 1.07 bits per heavy atom. The van der Waals surface area contributed by atoms with Crippen LogP contribution < -0.4 is 5.32 Å². The van der Waals surface area contributed by atoms with Gasteiger partial charge in [-0.1, -0.05) is 71.9 Å². The summed E-state index contributed by atoms with van der Waals surface area (Å²) in [5.74, 6) is -0.195. The second-order valence-corrected chi connectivity index (χ2v) is 8.11. The minimum atomic E-state index is -0.371. The first-order valence-corrected chi connectivity index (χ1v) is 10.8. The zero-order chi connectivity index (χ0) is 20.9. The number of nitrogens with one attached hydrogen (secondary N) is 1. The molecule has 1 amide bonds. The van der Waals surface area contributed by atoms with E-state index in [9.17, 15) is 9.18 Å². The maximum absolute atomic E-state index is 13.4. The third-order valence-electron chi connectivity index (χ3n) is 4.63. The largest absolute Gasteiger partial charge is 0.351 e. The van der Waals surface area contributed by atoms with Crippen molar-refractivity contribution in [2.45, 2.75) is 18.2 Å². The second kappa shape index (κ2) is 9.32. The zero-order valence-electron chi connectivity index (χ0n) is 16.0. The van der Waals surface area contributed by atoms with Gasteiger partial charge in [-0.2, -0.15) is 0 Å². The van der Waals surface area contributed by atoms with E-state index >= 15 is 0 Å². The maximum atomic E-state index is 13.4. The Kier molecular flexibility index (Phi) is 6.35. The highest BCUT2D eigenvalue weighted by atomic mass is 35.5. The van der Waals surface area contributed by atoms with Crippen molar-refractivity contribution in [3.05, 3.63) is 94.8 Å². The number of amides is 1. The van der Waals surface area contributed by atoms with Crippen molar-refractivity contribution in [3.8, 4) is 0 Å². The van der Waals surface area contributed by atoms with Crippen LogP contribution in [0.3, 0.4) is 0 Å². The van der Waals surface area contributed by atoms with Crippen LogP contribution in [0.4, 0.5) is 4.39 Å². The molecule has 1 aromatic heterocycles. The van der Waals surface area contributed by atoms with Crippen LogP contribution in [0, 0.1) is 5.82 Å². The van der Waals surface area contributed by atoms with Gasteiger partial charge in [-0.3, -0.25) is 4.79 Å². The monoisotopic (exact) mass is 439 g/mol. The van der Waals surface area contributed by atoms with Crippen LogP contribution >= 0.6 is 23.4 Å². The number of benzene rings is 3. The molecule has 0 bridgehead atoms. The summed E-state index contributed by atoms with van der Waals surface area (Å²) in [6.45, 7) is 0.926. The normalized spacial score (nSPS) is 11.0. The van der Waals surface area contributed by atoms with Crippen molar-refractivity contribution in [1.82, 2.24) is 14.9 Å². The van der Waals surface area contributed by atoms with E-state index in [0.717, 1.165) is 22.2 Å². The lowest BCUT2D eigenvalue weighted by Gasteiger charge is -2.11. The number of para-hydroxylation sites is 2. The van der Waals surface area contributed by atoms with Crippen LogP contribution in [0.25, 0.3) is 11.0 Å². The molecular formula is C23H19ClFN3OS. The molecule has 0 unspecified atom stereocenters. The fraction of sp³-hybridized carbons (Fsp3) is 0.130.